The first-order chi connectivity index (χ1) is 6.20. The molecular weight excluding hydrogens is 164 g/mol. The van der Waals surface area contributed by atoms with Gasteiger partial charge in [0.05, 0.1) is 0 Å². The van der Waals surface area contributed by atoms with Gasteiger partial charge in [0.15, 0.2) is 5.75 Å². The Hall–Kier alpha value is -1.57. The first-order valence-corrected chi connectivity index (χ1v) is 4.24. The van der Waals surface area contributed by atoms with Crippen LogP contribution in [0.5, 0.6) is 5.75 Å². The first kappa shape index (κ1) is 8.05. The molecule has 2 nitrogen and oxygen atoms in total. The fraction of sp³-hybridized carbons (Fsp3) is 0.182. The Kier molecular flexibility index (Phi) is 1.69. The van der Waals surface area contributed by atoms with Gasteiger partial charge in [-0.15, -0.1) is 0 Å². The van der Waals surface area contributed by atoms with Gasteiger partial charge in [-0.2, -0.15) is 0 Å². The summed E-state index contributed by atoms with van der Waals surface area (Å²) in [7, 11) is 0. The van der Waals surface area contributed by atoms with Gasteiger partial charge in [0.25, 0.3) is 0 Å². The van der Waals surface area contributed by atoms with Crippen molar-refractivity contribution in [2.75, 3.05) is 0 Å². The van der Waals surface area contributed by atoms with Crippen LogP contribution in [0.4, 0.5) is 0 Å². The van der Waals surface area contributed by atoms with Crippen molar-refractivity contribution < 1.29 is 5.11 Å². The molecule has 0 aliphatic heterocycles. The summed E-state index contributed by atoms with van der Waals surface area (Å²) < 4.78 is 0. The minimum Gasteiger partial charge on any atom is -0.504 e. The van der Waals surface area contributed by atoms with Crippen molar-refractivity contribution in [3.05, 3.63) is 46.1 Å². The average molecular weight is 174 g/mol. The Balaban J connectivity index is 2.60. The Morgan fingerprint density at radius 2 is 1.92 bits per heavy atom. The highest BCUT2D eigenvalue weighted by molar-refractivity contribution is 5.82. The van der Waals surface area contributed by atoms with Crippen LogP contribution < -0.4 is 5.43 Å². The molecule has 0 aromatic heterocycles. The van der Waals surface area contributed by atoms with Gasteiger partial charge in [-0.05, 0) is 11.6 Å². The standard InChI is InChI=1S/C11H10O2/c1-7-6-9(7)8-4-2-3-5-10(12)11(8)13/h2-7H,1H3,(H,12,13)/t7-/m0/s1. The van der Waals surface area contributed by atoms with Crippen molar-refractivity contribution in [3.8, 4) is 5.75 Å². The van der Waals surface area contributed by atoms with Gasteiger partial charge in [-0.25, -0.2) is 0 Å². The predicted octanol–water partition coefficient (Wildman–Crippen LogP) is 1.79. The van der Waals surface area contributed by atoms with Crippen LogP contribution in [0.25, 0.3) is 5.57 Å². The molecule has 0 unspecified atom stereocenters. The number of hydrogen-bond acceptors (Lipinski definition) is 2. The largest absolute Gasteiger partial charge is 0.504 e. The van der Waals surface area contributed by atoms with Gasteiger partial charge in [0.2, 0.25) is 5.43 Å². The van der Waals surface area contributed by atoms with Crippen LogP contribution in [0, 0.1) is 5.92 Å². The SMILES string of the molecule is C[C@H]1C=C1c1ccccc(=O)c1O. The molecule has 66 valence electrons. The summed E-state index contributed by atoms with van der Waals surface area (Å²) in [6.45, 7) is 2.03. The van der Waals surface area contributed by atoms with E-state index in [1.54, 1.807) is 18.2 Å². The molecule has 2 heteroatoms. The van der Waals surface area contributed by atoms with Gasteiger partial charge >= 0.3 is 0 Å². The summed E-state index contributed by atoms with van der Waals surface area (Å²) in [6.07, 6.45) is 2.02. The number of hydrogen-bond donors (Lipinski definition) is 1. The van der Waals surface area contributed by atoms with E-state index < -0.39 is 0 Å². The lowest BCUT2D eigenvalue weighted by molar-refractivity contribution is 0.469. The Bertz CT molecular complexity index is 432. The van der Waals surface area contributed by atoms with Crippen molar-refractivity contribution in [1.82, 2.24) is 0 Å². The van der Waals surface area contributed by atoms with Crippen LogP contribution >= 0.6 is 0 Å². The molecule has 1 aromatic carbocycles. The maximum Gasteiger partial charge on any atom is 0.220 e. The number of rotatable bonds is 1. The van der Waals surface area contributed by atoms with Crippen LogP contribution in [-0.2, 0) is 0 Å². The molecule has 0 bridgehead atoms. The van der Waals surface area contributed by atoms with Crippen LogP contribution in [-0.4, -0.2) is 5.11 Å². The average Bonchev–Trinajstić information content (AvgIpc) is 2.82. The Morgan fingerprint density at radius 3 is 2.54 bits per heavy atom. The van der Waals surface area contributed by atoms with Gasteiger partial charge in [0, 0.05) is 11.5 Å². The highest BCUT2D eigenvalue weighted by Gasteiger charge is 2.23. The molecule has 1 aromatic rings. The van der Waals surface area contributed by atoms with Crippen LogP contribution in [0.1, 0.15) is 12.5 Å². The smallest absolute Gasteiger partial charge is 0.220 e. The van der Waals surface area contributed by atoms with Crippen LogP contribution in [0.3, 0.4) is 0 Å². The summed E-state index contributed by atoms with van der Waals surface area (Å²) in [4.78, 5) is 11.2. The maximum atomic E-state index is 11.2. The fourth-order valence-electron chi connectivity index (χ4n) is 1.37. The molecule has 1 atom stereocenters. The second kappa shape index (κ2) is 2.73. The van der Waals surface area contributed by atoms with Crippen LogP contribution in [0.15, 0.2) is 35.1 Å². The third-order valence-electron chi connectivity index (χ3n) is 2.23. The zero-order valence-electron chi connectivity index (χ0n) is 7.32. The van der Waals surface area contributed by atoms with E-state index in [0.717, 1.165) is 5.57 Å². The molecule has 0 amide bonds. The zero-order chi connectivity index (χ0) is 9.42. The van der Waals surface area contributed by atoms with E-state index in [1.807, 2.05) is 13.0 Å². The Labute approximate surface area is 76.2 Å². The van der Waals surface area contributed by atoms with E-state index in [9.17, 15) is 9.90 Å². The number of allylic oxidation sites excluding steroid dienone is 2. The molecule has 0 saturated carbocycles. The molecule has 1 aliphatic rings. The number of aromatic hydroxyl groups is 1. The lowest BCUT2D eigenvalue weighted by atomic mass is 10.1. The third-order valence-corrected chi connectivity index (χ3v) is 2.23. The zero-order valence-corrected chi connectivity index (χ0v) is 7.32. The van der Waals surface area contributed by atoms with E-state index >= 15 is 0 Å². The lowest BCUT2D eigenvalue weighted by Gasteiger charge is -1.94. The van der Waals surface area contributed by atoms with E-state index in [0.29, 0.717) is 11.5 Å². The van der Waals surface area contributed by atoms with Crippen molar-refractivity contribution >= 4 is 5.57 Å². The Morgan fingerprint density at radius 1 is 1.31 bits per heavy atom. The highest BCUT2D eigenvalue weighted by Crippen LogP contribution is 2.39. The molecule has 2 rings (SSSR count). The fourth-order valence-corrected chi connectivity index (χ4v) is 1.37. The van der Waals surface area contributed by atoms with Gasteiger partial charge in [-0.3, -0.25) is 4.79 Å². The maximum absolute atomic E-state index is 11.2. The molecule has 0 radical (unpaired) electrons. The first-order valence-electron chi connectivity index (χ1n) is 4.24. The van der Waals surface area contributed by atoms with E-state index in [1.165, 1.54) is 6.07 Å². The minimum absolute atomic E-state index is 0.138. The van der Waals surface area contributed by atoms with Gasteiger partial charge < -0.3 is 5.11 Å². The summed E-state index contributed by atoms with van der Waals surface area (Å²) in [5.74, 6) is 0.258. The summed E-state index contributed by atoms with van der Waals surface area (Å²) in [5.41, 5.74) is 1.41. The molecule has 0 heterocycles. The van der Waals surface area contributed by atoms with E-state index in [4.69, 9.17) is 0 Å². The topological polar surface area (TPSA) is 37.3 Å². The van der Waals surface area contributed by atoms with E-state index in [-0.39, 0.29) is 11.2 Å². The minimum atomic E-state index is -0.319. The van der Waals surface area contributed by atoms with Crippen molar-refractivity contribution in [3.63, 3.8) is 0 Å². The van der Waals surface area contributed by atoms with Crippen molar-refractivity contribution in [2.24, 2.45) is 5.92 Å². The van der Waals surface area contributed by atoms with Crippen molar-refractivity contribution in [1.29, 1.82) is 0 Å². The van der Waals surface area contributed by atoms with Crippen LogP contribution in [0.2, 0.25) is 0 Å². The van der Waals surface area contributed by atoms with Crippen molar-refractivity contribution in [2.45, 2.75) is 6.92 Å². The second-order valence-corrected chi connectivity index (χ2v) is 3.26. The molecule has 1 aliphatic carbocycles. The monoisotopic (exact) mass is 174 g/mol. The molecule has 0 spiro atoms. The molecular formula is C11H10O2. The quantitative estimate of drug-likeness (QED) is 0.704. The molecule has 0 fully saturated rings. The summed E-state index contributed by atoms with van der Waals surface area (Å²) in [6, 6.07) is 6.54. The lowest BCUT2D eigenvalue weighted by Crippen LogP contribution is -1.94. The van der Waals surface area contributed by atoms with E-state index in [2.05, 4.69) is 0 Å². The predicted molar refractivity (Wildman–Crippen MR) is 51.5 cm³/mol. The second-order valence-electron chi connectivity index (χ2n) is 3.26. The molecule has 1 N–H and O–H groups in total. The summed E-state index contributed by atoms with van der Waals surface area (Å²) >= 11 is 0. The summed E-state index contributed by atoms with van der Waals surface area (Å²) in [5, 5.41) is 9.53. The molecule has 13 heavy (non-hydrogen) atoms. The molecule has 0 saturated heterocycles. The van der Waals surface area contributed by atoms with Gasteiger partial charge in [0.1, 0.15) is 0 Å². The third kappa shape index (κ3) is 1.35. The van der Waals surface area contributed by atoms with Gasteiger partial charge in [-0.1, -0.05) is 31.2 Å². The highest BCUT2D eigenvalue weighted by atomic mass is 16.3. The normalized spacial score (nSPS) is 19.5.